The Labute approximate surface area is 199 Å². The van der Waals surface area contributed by atoms with Crippen LogP contribution in [-0.4, -0.2) is 46.9 Å². The molecule has 0 bridgehead atoms. The van der Waals surface area contributed by atoms with Crippen molar-refractivity contribution < 1.29 is 23.9 Å². The van der Waals surface area contributed by atoms with Gasteiger partial charge in [-0.25, -0.2) is 14.6 Å². The predicted molar refractivity (Wildman–Crippen MR) is 126 cm³/mol. The first-order valence-electron chi connectivity index (χ1n) is 10.6. The van der Waals surface area contributed by atoms with E-state index in [0.717, 1.165) is 11.0 Å². The van der Waals surface area contributed by atoms with E-state index in [1.54, 1.807) is 37.4 Å². The van der Waals surface area contributed by atoms with Crippen LogP contribution in [0.25, 0.3) is 11.0 Å². The average Bonchev–Trinajstić information content (AvgIpc) is 2.86. The highest BCUT2D eigenvalue weighted by Crippen LogP contribution is 2.28. The maximum atomic E-state index is 12.7. The zero-order chi connectivity index (χ0) is 23.9. The molecule has 0 saturated carbocycles. The number of thioether (sulfide) groups is 1. The summed E-state index contributed by atoms with van der Waals surface area (Å²) in [6.07, 6.45) is 1.60. The second-order valence-electron chi connectivity index (χ2n) is 7.20. The summed E-state index contributed by atoms with van der Waals surface area (Å²) >= 11 is 1.19. The van der Waals surface area contributed by atoms with E-state index in [4.69, 9.17) is 9.47 Å². The van der Waals surface area contributed by atoms with Crippen LogP contribution in [0.5, 0.6) is 0 Å². The fourth-order valence-electron chi connectivity index (χ4n) is 3.41. The number of benzene rings is 2. The Morgan fingerprint density at radius 3 is 2.53 bits per heavy atom. The topological polar surface area (TPSA) is 120 Å². The number of carbonyl (C=O) groups is 3. The number of esters is 2. The molecule has 0 spiro atoms. The number of hydrogen-bond donors (Lipinski definition) is 2. The Hall–Kier alpha value is -3.92. The third-order valence-electron chi connectivity index (χ3n) is 4.92. The predicted octanol–water partition coefficient (Wildman–Crippen LogP) is 3.14. The van der Waals surface area contributed by atoms with E-state index in [2.05, 4.69) is 20.6 Å². The number of hydrogen-bond acceptors (Lipinski definition) is 8. The molecule has 2 aromatic carbocycles. The van der Waals surface area contributed by atoms with Gasteiger partial charge in [-0.3, -0.25) is 9.78 Å². The van der Waals surface area contributed by atoms with Crippen molar-refractivity contribution >= 4 is 40.8 Å². The number of carbonyl (C=O) groups excluding carboxylic acids is 3. The lowest BCUT2D eigenvalue weighted by atomic mass is 9.95. The molecule has 2 heterocycles. The largest absolute Gasteiger partial charge is 0.463 e. The standard InChI is InChI=1S/C24H22N4O5S/c1-2-32-23(30)21-18(27-24(31)28-22(21)15-8-4-3-5-9-15)13-33-20(29)14-34-19-12-25-16-10-6-7-11-17(16)26-19/h3-12,22H,2,13-14H2,1H3,(H2,27,28,31). The summed E-state index contributed by atoms with van der Waals surface area (Å²) in [5, 5.41) is 5.89. The zero-order valence-electron chi connectivity index (χ0n) is 18.3. The van der Waals surface area contributed by atoms with Crippen molar-refractivity contribution in [1.82, 2.24) is 20.6 Å². The zero-order valence-corrected chi connectivity index (χ0v) is 19.1. The van der Waals surface area contributed by atoms with Crippen molar-refractivity contribution in [3.05, 3.63) is 77.6 Å². The van der Waals surface area contributed by atoms with Gasteiger partial charge in [0.25, 0.3) is 0 Å². The third kappa shape index (κ3) is 5.52. The van der Waals surface area contributed by atoms with Gasteiger partial charge >= 0.3 is 18.0 Å². The van der Waals surface area contributed by atoms with Crippen LogP contribution in [0.15, 0.2) is 77.1 Å². The minimum atomic E-state index is -0.732. The second kappa shape index (κ2) is 10.8. The van der Waals surface area contributed by atoms with Gasteiger partial charge in [0.15, 0.2) is 0 Å². The van der Waals surface area contributed by atoms with Gasteiger partial charge in [0, 0.05) is 0 Å². The van der Waals surface area contributed by atoms with Crippen LogP contribution in [0, 0.1) is 0 Å². The lowest BCUT2D eigenvalue weighted by Gasteiger charge is -2.29. The Balaban J connectivity index is 1.47. The summed E-state index contributed by atoms with van der Waals surface area (Å²) < 4.78 is 10.6. The van der Waals surface area contributed by atoms with E-state index in [-0.39, 0.29) is 30.2 Å². The number of urea groups is 1. The van der Waals surface area contributed by atoms with Gasteiger partial charge in [-0.05, 0) is 24.6 Å². The van der Waals surface area contributed by atoms with Crippen molar-refractivity contribution in [2.24, 2.45) is 0 Å². The van der Waals surface area contributed by atoms with Crippen LogP contribution in [0.2, 0.25) is 0 Å². The minimum absolute atomic E-state index is 0.0106. The number of nitrogens with zero attached hydrogens (tertiary/aromatic N) is 2. The molecule has 2 amide bonds. The van der Waals surface area contributed by atoms with E-state index in [9.17, 15) is 14.4 Å². The lowest BCUT2D eigenvalue weighted by molar-refractivity contribution is -0.141. The van der Waals surface area contributed by atoms with Gasteiger partial charge in [0.2, 0.25) is 0 Å². The highest BCUT2D eigenvalue weighted by molar-refractivity contribution is 7.99. The first-order chi connectivity index (χ1) is 16.5. The fourth-order valence-corrected chi connectivity index (χ4v) is 4.05. The molecule has 0 radical (unpaired) electrons. The number of aromatic nitrogens is 2. The lowest BCUT2D eigenvalue weighted by Crippen LogP contribution is -2.47. The summed E-state index contributed by atoms with van der Waals surface area (Å²) in [5.74, 6) is -1.14. The van der Waals surface area contributed by atoms with Crippen molar-refractivity contribution in [2.45, 2.75) is 18.0 Å². The summed E-state index contributed by atoms with van der Waals surface area (Å²) in [7, 11) is 0. The maximum absolute atomic E-state index is 12.7. The molecule has 0 aliphatic carbocycles. The van der Waals surface area contributed by atoms with Crippen molar-refractivity contribution in [1.29, 1.82) is 0 Å². The van der Waals surface area contributed by atoms with Gasteiger partial charge in [0.1, 0.15) is 11.6 Å². The number of fused-ring (bicyclic) bond motifs is 1. The molecule has 1 aromatic heterocycles. The molecule has 0 saturated heterocycles. The molecule has 174 valence electrons. The molecule has 9 nitrogen and oxygen atoms in total. The third-order valence-corrected chi connectivity index (χ3v) is 5.80. The summed E-state index contributed by atoms with van der Waals surface area (Å²) in [4.78, 5) is 46.2. The number of amides is 2. The number of rotatable bonds is 8. The Morgan fingerprint density at radius 2 is 1.76 bits per heavy atom. The maximum Gasteiger partial charge on any atom is 0.338 e. The second-order valence-corrected chi connectivity index (χ2v) is 8.20. The molecule has 34 heavy (non-hydrogen) atoms. The summed E-state index contributed by atoms with van der Waals surface area (Å²) in [6.45, 7) is 1.57. The molecule has 10 heteroatoms. The van der Waals surface area contributed by atoms with Gasteiger partial charge in [-0.1, -0.05) is 54.2 Å². The minimum Gasteiger partial charge on any atom is -0.463 e. The van der Waals surface area contributed by atoms with Gasteiger partial charge in [0.05, 0.1) is 46.9 Å². The Kier molecular flexibility index (Phi) is 7.38. The molecule has 1 unspecified atom stereocenters. The van der Waals surface area contributed by atoms with Crippen LogP contribution < -0.4 is 10.6 Å². The number of ether oxygens (including phenoxy) is 2. The smallest absolute Gasteiger partial charge is 0.338 e. The molecule has 0 fully saturated rings. The molecular formula is C24H22N4O5S. The Bertz CT molecular complexity index is 1250. The molecule has 4 rings (SSSR count). The fraction of sp³-hybridized carbons (Fsp3) is 0.208. The molecule has 1 aliphatic heterocycles. The van der Waals surface area contributed by atoms with Crippen molar-refractivity contribution in [2.75, 3.05) is 19.0 Å². The van der Waals surface area contributed by atoms with Crippen molar-refractivity contribution in [3.8, 4) is 0 Å². The van der Waals surface area contributed by atoms with Crippen LogP contribution in [0.3, 0.4) is 0 Å². The first-order valence-corrected chi connectivity index (χ1v) is 11.6. The van der Waals surface area contributed by atoms with Crippen LogP contribution in [-0.2, 0) is 19.1 Å². The molecule has 1 aliphatic rings. The highest BCUT2D eigenvalue weighted by atomic mass is 32.2. The van der Waals surface area contributed by atoms with E-state index >= 15 is 0 Å². The molecule has 1 atom stereocenters. The highest BCUT2D eigenvalue weighted by Gasteiger charge is 2.34. The van der Waals surface area contributed by atoms with Gasteiger partial charge in [-0.2, -0.15) is 0 Å². The molecule has 3 aromatic rings. The number of nitrogens with one attached hydrogen (secondary N) is 2. The van der Waals surface area contributed by atoms with E-state index in [1.165, 1.54) is 11.8 Å². The average molecular weight is 479 g/mol. The first kappa shape index (κ1) is 23.2. The molecular weight excluding hydrogens is 456 g/mol. The monoisotopic (exact) mass is 478 g/mol. The van der Waals surface area contributed by atoms with Crippen LogP contribution in [0.4, 0.5) is 4.79 Å². The van der Waals surface area contributed by atoms with Gasteiger partial charge < -0.3 is 20.1 Å². The number of para-hydroxylation sites is 2. The van der Waals surface area contributed by atoms with E-state index in [1.807, 2.05) is 30.3 Å². The van der Waals surface area contributed by atoms with Gasteiger partial charge in [-0.15, -0.1) is 0 Å². The van der Waals surface area contributed by atoms with Crippen LogP contribution in [0.1, 0.15) is 18.5 Å². The SMILES string of the molecule is CCOC(=O)C1=C(COC(=O)CSc2cnc3ccccc3n2)NC(=O)NC1c1ccccc1. The summed E-state index contributed by atoms with van der Waals surface area (Å²) in [6, 6.07) is 15.2. The normalized spacial score (nSPS) is 15.4. The van der Waals surface area contributed by atoms with Crippen molar-refractivity contribution in [3.63, 3.8) is 0 Å². The summed E-state index contributed by atoms with van der Waals surface area (Å²) in [5.41, 5.74) is 2.57. The van der Waals surface area contributed by atoms with E-state index < -0.39 is 24.0 Å². The molecule has 2 N–H and O–H groups in total. The quantitative estimate of drug-likeness (QED) is 0.374. The van der Waals surface area contributed by atoms with E-state index in [0.29, 0.717) is 10.6 Å². The Morgan fingerprint density at radius 1 is 1.03 bits per heavy atom. The van der Waals surface area contributed by atoms with Crippen LogP contribution >= 0.6 is 11.8 Å².